The molecule has 0 atom stereocenters. The molecule has 2 aliphatic rings. The molecular weight excluding hydrogens is 244 g/mol. The maximum absolute atomic E-state index is 11.7. The first-order valence-electron chi connectivity index (χ1n) is 5.60. The first-order chi connectivity index (χ1) is 7.82. The summed E-state index contributed by atoms with van der Waals surface area (Å²) in [6, 6.07) is 0. The molecule has 1 amide bonds. The average molecular weight is 260 g/mol. The van der Waals surface area contributed by atoms with E-state index in [4.69, 9.17) is 0 Å². The Kier molecular flexibility index (Phi) is 2.99. The molecule has 2 fully saturated rings. The van der Waals surface area contributed by atoms with Crippen molar-refractivity contribution in [3.8, 4) is 0 Å². The molecule has 1 N–H and O–H groups in total. The minimum absolute atomic E-state index is 0.0489. The minimum Gasteiger partial charge on any atom is -0.298 e. The zero-order valence-electron chi connectivity index (χ0n) is 9.73. The Hall–Kier alpha value is -0.950. The van der Waals surface area contributed by atoms with Gasteiger partial charge in [0.05, 0.1) is 18.1 Å². The second-order valence-electron chi connectivity index (χ2n) is 4.90. The Morgan fingerprint density at radius 1 is 1.41 bits per heavy atom. The van der Waals surface area contributed by atoms with E-state index >= 15 is 0 Å². The maximum Gasteiger partial charge on any atom is 0.239 e. The molecule has 6 nitrogen and oxygen atoms in total. The molecule has 2 heterocycles. The molecule has 96 valence electrons. The number of hydrogen-bond donors (Lipinski definition) is 1. The lowest BCUT2D eigenvalue weighted by atomic mass is 9.91. The highest BCUT2D eigenvalue weighted by atomic mass is 32.2. The van der Waals surface area contributed by atoms with E-state index in [0.29, 0.717) is 12.8 Å². The highest BCUT2D eigenvalue weighted by molar-refractivity contribution is 7.91. The lowest BCUT2D eigenvalue weighted by Crippen LogP contribution is -2.51. The fourth-order valence-corrected chi connectivity index (χ4v) is 3.95. The average Bonchev–Trinajstić information content (AvgIpc) is 2.49. The van der Waals surface area contributed by atoms with Crippen molar-refractivity contribution in [3.63, 3.8) is 0 Å². The van der Waals surface area contributed by atoms with Gasteiger partial charge in [0.2, 0.25) is 5.91 Å². The SMILES string of the molecule is CC(=O)CN1NC2(CCS(=O)(=O)CC2)CC1=O. The molecule has 2 saturated heterocycles. The summed E-state index contributed by atoms with van der Waals surface area (Å²) in [5.41, 5.74) is 2.58. The van der Waals surface area contributed by atoms with Gasteiger partial charge in [0.15, 0.2) is 5.78 Å². The number of rotatable bonds is 2. The van der Waals surface area contributed by atoms with Crippen LogP contribution in [0.5, 0.6) is 0 Å². The fourth-order valence-electron chi connectivity index (χ4n) is 2.34. The lowest BCUT2D eigenvalue weighted by molar-refractivity contribution is -0.133. The van der Waals surface area contributed by atoms with E-state index in [1.54, 1.807) is 0 Å². The quantitative estimate of drug-likeness (QED) is 0.707. The largest absolute Gasteiger partial charge is 0.298 e. The van der Waals surface area contributed by atoms with Crippen molar-refractivity contribution in [2.75, 3.05) is 18.1 Å². The third-order valence-corrected chi connectivity index (χ3v) is 4.98. The Morgan fingerprint density at radius 3 is 2.53 bits per heavy atom. The van der Waals surface area contributed by atoms with Crippen molar-refractivity contribution in [2.45, 2.75) is 31.7 Å². The summed E-state index contributed by atoms with van der Waals surface area (Å²) in [5, 5.41) is 1.32. The van der Waals surface area contributed by atoms with Crippen LogP contribution >= 0.6 is 0 Å². The van der Waals surface area contributed by atoms with Crippen LogP contribution in [0.25, 0.3) is 0 Å². The topological polar surface area (TPSA) is 83.6 Å². The summed E-state index contributed by atoms with van der Waals surface area (Å²) in [5.74, 6) is 0.00776. The number of nitrogens with one attached hydrogen (secondary N) is 1. The number of hydrogen-bond acceptors (Lipinski definition) is 5. The van der Waals surface area contributed by atoms with E-state index in [1.165, 1.54) is 11.9 Å². The summed E-state index contributed by atoms with van der Waals surface area (Å²) in [4.78, 5) is 22.7. The standard InChI is InChI=1S/C10H16N2O4S/c1-8(13)7-12-9(14)6-10(11-12)2-4-17(15,16)5-3-10/h11H,2-7H2,1H3. The Morgan fingerprint density at radius 2 is 2.00 bits per heavy atom. The summed E-state index contributed by atoms with van der Waals surface area (Å²) >= 11 is 0. The highest BCUT2D eigenvalue weighted by Gasteiger charge is 2.46. The van der Waals surface area contributed by atoms with Crippen molar-refractivity contribution in [1.82, 2.24) is 10.4 Å². The van der Waals surface area contributed by atoms with Gasteiger partial charge in [0.1, 0.15) is 9.84 Å². The van der Waals surface area contributed by atoms with Gasteiger partial charge in [-0.05, 0) is 19.8 Å². The number of amides is 1. The molecule has 0 aliphatic carbocycles. The molecule has 0 unspecified atom stereocenters. The minimum atomic E-state index is -2.94. The molecule has 0 aromatic rings. The Labute approximate surface area is 100 Å². The van der Waals surface area contributed by atoms with Gasteiger partial charge in [-0.2, -0.15) is 0 Å². The number of carbonyl (C=O) groups is 2. The first kappa shape index (κ1) is 12.5. The van der Waals surface area contributed by atoms with Gasteiger partial charge in [-0.3, -0.25) is 14.6 Å². The number of sulfone groups is 1. The predicted octanol–water partition coefficient (Wildman–Crippen LogP) is -0.740. The summed E-state index contributed by atoms with van der Waals surface area (Å²) in [6.45, 7) is 1.47. The second-order valence-corrected chi connectivity index (χ2v) is 7.21. The van der Waals surface area contributed by atoms with Crippen molar-refractivity contribution < 1.29 is 18.0 Å². The molecule has 0 radical (unpaired) electrons. The number of Topliss-reactive ketones (excluding diaryl/α,β-unsaturated/α-hetero) is 1. The van der Waals surface area contributed by atoms with E-state index in [0.717, 1.165) is 0 Å². The van der Waals surface area contributed by atoms with E-state index in [2.05, 4.69) is 5.43 Å². The van der Waals surface area contributed by atoms with Crippen LogP contribution in [0.15, 0.2) is 0 Å². The van der Waals surface area contributed by atoms with Gasteiger partial charge in [-0.1, -0.05) is 0 Å². The highest BCUT2D eigenvalue weighted by Crippen LogP contribution is 2.31. The smallest absolute Gasteiger partial charge is 0.239 e. The normalized spacial score (nSPS) is 26.4. The number of carbonyl (C=O) groups excluding carboxylic acids is 2. The number of ketones is 1. The molecule has 17 heavy (non-hydrogen) atoms. The van der Waals surface area contributed by atoms with Crippen molar-refractivity contribution in [2.24, 2.45) is 0 Å². The van der Waals surface area contributed by atoms with Gasteiger partial charge in [0.25, 0.3) is 0 Å². The summed E-state index contributed by atoms with van der Waals surface area (Å²) in [7, 11) is -2.94. The summed E-state index contributed by atoms with van der Waals surface area (Å²) < 4.78 is 22.7. The van der Waals surface area contributed by atoms with Gasteiger partial charge in [-0.25, -0.2) is 13.8 Å². The van der Waals surface area contributed by atoms with Crippen LogP contribution in [-0.2, 0) is 19.4 Å². The van der Waals surface area contributed by atoms with Crippen molar-refractivity contribution >= 4 is 21.5 Å². The van der Waals surface area contributed by atoms with Crippen LogP contribution < -0.4 is 5.43 Å². The predicted molar refractivity (Wildman–Crippen MR) is 60.8 cm³/mol. The van der Waals surface area contributed by atoms with Gasteiger partial charge in [-0.15, -0.1) is 0 Å². The van der Waals surface area contributed by atoms with E-state index in [-0.39, 0.29) is 36.2 Å². The van der Waals surface area contributed by atoms with E-state index < -0.39 is 15.4 Å². The molecule has 0 aromatic heterocycles. The van der Waals surface area contributed by atoms with Crippen LogP contribution in [0.1, 0.15) is 26.2 Å². The number of nitrogens with zero attached hydrogens (tertiary/aromatic N) is 1. The van der Waals surface area contributed by atoms with Gasteiger partial charge < -0.3 is 0 Å². The molecule has 1 spiro atoms. The zero-order chi connectivity index (χ0) is 12.7. The lowest BCUT2D eigenvalue weighted by Gasteiger charge is -2.33. The molecule has 2 aliphatic heterocycles. The Bertz CT molecular complexity index is 443. The van der Waals surface area contributed by atoms with Crippen LogP contribution in [-0.4, -0.2) is 48.7 Å². The first-order valence-corrected chi connectivity index (χ1v) is 7.42. The molecule has 0 bridgehead atoms. The van der Waals surface area contributed by atoms with Crippen LogP contribution in [0.2, 0.25) is 0 Å². The molecule has 0 saturated carbocycles. The van der Waals surface area contributed by atoms with Crippen molar-refractivity contribution in [1.29, 1.82) is 0 Å². The molecule has 7 heteroatoms. The Balaban J connectivity index is 2.06. The molecular formula is C10H16N2O4S. The molecule has 0 aromatic carbocycles. The van der Waals surface area contributed by atoms with E-state index in [1.807, 2.05) is 0 Å². The molecule has 2 rings (SSSR count). The van der Waals surface area contributed by atoms with Crippen LogP contribution in [0.4, 0.5) is 0 Å². The van der Waals surface area contributed by atoms with E-state index in [9.17, 15) is 18.0 Å². The third kappa shape index (κ3) is 2.66. The zero-order valence-corrected chi connectivity index (χ0v) is 10.5. The monoisotopic (exact) mass is 260 g/mol. The van der Waals surface area contributed by atoms with Crippen LogP contribution in [0.3, 0.4) is 0 Å². The maximum atomic E-state index is 11.7. The summed E-state index contributed by atoms with van der Waals surface area (Å²) in [6.07, 6.45) is 1.17. The van der Waals surface area contributed by atoms with Gasteiger partial charge in [0, 0.05) is 12.0 Å². The van der Waals surface area contributed by atoms with Crippen LogP contribution in [0, 0.1) is 0 Å². The second kappa shape index (κ2) is 4.06. The van der Waals surface area contributed by atoms with Gasteiger partial charge >= 0.3 is 0 Å². The number of hydrazine groups is 1. The third-order valence-electron chi connectivity index (χ3n) is 3.33. The van der Waals surface area contributed by atoms with Crippen molar-refractivity contribution in [3.05, 3.63) is 0 Å². The fraction of sp³-hybridized carbons (Fsp3) is 0.800.